The molecule has 1 aromatic rings. The SMILES string of the molecule is CCCC(C)C(Cc1ccc(Br)s1)NN. The molecule has 0 fully saturated rings. The molecular weight excluding hydrogens is 272 g/mol. The van der Waals surface area contributed by atoms with Gasteiger partial charge in [-0.3, -0.25) is 11.3 Å². The van der Waals surface area contributed by atoms with Crippen LogP contribution in [0.1, 0.15) is 31.6 Å². The molecule has 0 aliphatic heterocycles. The van der Waals surface area contributed by atoms with Gasteiger partial charge in [0, 0.05) is 10.9 Å². The van der Waals surface area contributed by atoms with Crippen LogP contribution in [-0.4, -0.2) is 6.04 Å². The van der Waals surface area contributed by atoms with Gasteiger partial charge in [-0.05, 0) is 46.8 Å². The molecule has 1 rings (SSSR count). The second kappa shape index (κ2) is 6.63. The van der Waals surface area contributed by atoms with E-state index in [2.05, 4.69) is 47.3 Å². The molecule has 4 heteroatoms. The van der Waals surface area contributed by atoms with Crippen LogP contribution in [-0.2, 0) is 6.42 Å². The highest BCUT2D eigenvalue weighted by Gasteiger charge is 2.16. The third kappa shape index (κ3) is 4.23. The number of rotatable bonds is 6. The van der Waals surface area contributed by atoms with Crippen molar-refractivity contribution >= 4 is 27.3 Å². The first kappa shape index (κ1) is 13.2. The Labute approximate surface area is 104 Å². The largest absolute Gasteiger partial charge is 0.271 e. The Morgan fingerprint density at radius 2 is 2.27 bits per heavy atom. The van der Waals surface area contributed by atoms with E-state index in [1.54, 1.807) is 11.3 Å². The van der Waals surface area contributed by atoms with Crippen molar-refractivity contribution in [2.75, 3.05) is 0 Å². The van der Waals surface area contributed by atoms with Crippen molar-refractivity contribution in [1.82, 2.24) is 5.43 Å². The van der Waals surface area contributed by atoms with E-state index >= 15 is 0 Å². The molecule has 1 heterocycles. The molecule has 0 bridgehead atoms. The number of halogens is 1. The van der Waals surface area contributed by atoms with Gasteiger partial charge in [-0.2, -0.15) is 0 Å². The highest BCUT2D eigenvalue weighted by Crippen LogP contribution is 2.25. The fourth-order valence-electron chi connectivity index (χ4n) is 1.76. The number of hydrogen-bond acceptors (Lipinski definition) is 3. The average molecular weight is 291 g/mol. The molecule has 0 spiro atoms. The lowest BCUT2D eigenvalue weighted by Gasteiger charge is -2.22. The summed E-state index contributed by atoms with van der Waals surface area (Å²) in [6, 6.07) is 4.64. The van der Waals surface area contributed by atoms with Crippen molar-refractivity contribution in [3.05, 3.63) is 20.8 Å². The van der Waals surface area contributed by atoms with Crippen LogP contribution in [0.3, 0.4) is 0 Å². The molecule has 0 radical (unpaired) electrons. The molecule has 2 nitrogen and oxygen atoms in total. The van der Waals surface area contributed by atoms with Gasteiger partial charge in [0.05, 0.1) is 3.79 Å². The first-order valence-corrected chi connectivity index (χ1v) is 6.98. The Morgan fingerprint density at radius 1 is 1.53 bits per heavy atom. The van der Waals surface area contributed by atoms with Crippen LogP contribution in [0.25, 0.3) is 0 Å². The maximum Gasteiger partial charge on any atom is 0.0701 e. The lowest BCUT2D eigenvalue weighted by atomic mass is 9.94. The van der Waals surface area contributed by atoms with Crippen molar-refractivity contribution in [3.63, 3.8) is 0 Å². The van der Waals surface area contributed by atoms with E-state index in [0.717, 1.165) is 6.42 Å². The minimum Gasteiger partial charge on any atom is -0.271 e. The predicted octanol–water partition coefficient (Wildman–Crippen LogP) is 3.32. The van der Waals surface area contributed by atoms with Gasteiger partial charge in [-0.1, -0.05) is 20.3 Å². The van der Waals surface area contributed by atoms with Crippen LogP contribution in [0.2, 0.25) is 0 Å². The highest BCUT2D eigenvalue weighted by atomic mass is 79.9. The maximum atomic E-state index is 5.60. The predicted molar refractivity (Wildman–Crippen MR) is 70.9 cm³/mol. The van der Waals surface area contributed by atoms with Crippen LogP contribution in [0.15, 0.2) is 15.9 Å². The summed E-state index contributed by atoms with van der Waals surface area (Å²) in [4.78, 5) is 1.38. The zero-order valence-electron chi connectivity index (χ0n) is 9.29. The molecule has 15 heavy (non-hydrogen) atoms. The van der Waals surface area contributed by atoms with Crippen LogP contribution in [0.5, 0.6) is 0 Å². The maximum absolute atomic E-state index is 5.60. The smallest absolute Gasteiger partial charge is 0.0701 e. The quantitative estimate of drug-likeness (QED) is 0.623. The van der Waals surface area contributed by atoms with Crippen molar-refractivity contribution in [3.8, 4) is 0 Å². The van der Waals surface area contributed by atoms with Gasteiger partial charge < -0.3 is 0 Å². The zero-order valence-corrected chi connectivity index (χ0v) is 11.7. The number of nitrogens with one attached hydrogen (secondary N) is 1. The summed E-state index contributed by atoms with van der Waals surface area (Å²) >= 11 is 5.27. The molecule has 3 N–H and O–H groups in total. The van der Waals surface area contributed by atoms with Crippen molar-refractivity contribution < 1.29 is 0 Å². The molecular formula is C11H19BrN2S. The topological polar surface area (TPSA) is 38.0 Å². The summed E-state index contributed by atoms with van der Waals surface area (Å²) in [6.07, 6.45) is 3.46. The van der Waals surface area contributed by atoms with Crippen LogP contribution >= 0.6 is 27.3 Å². The van der Waals surface area contributed by atoms with E-state index in [1.165, 1.54) is 21.5 Å². The number of hydrogen-bond donors (Lipinski definition) is 2. The minimum atomic E-state index is 0.385. The van der Waals surface area contributed by atoms with Gasteiger partial charge in [0.15, 0.2) is 0 Å². The lowest BCUT2D eigenvalue weighted by Crippen LogP contribution is -2.41. The summed E-state index contributed by atoms with van der Waals surface area (Å²) in [7, 11) is 0. The third-order valence-electron chi connectivity index (χ3n) is 2.69. The molecule has 0 aliphatic rings. The van der Waals surface area contributed by atoms with Crippen LogP contribution in [0, 0.1) is 5.92 Å². The fourth-order valence-corrected chi connectivity index (χ4v) is 3.30. The molecule has 2 unspecified atom stereocenters. The summed E-state index contributed by atoms with van der Waals surface area (Å²) in [6.45, 7) is 4.47. The average Bonchev–Trinajstić information content (AvgIpc) is 2.61. The van der Waals surface area contributed by atoms with Gasteiger partial charge in [0.2, 0.25) is 0 Å². The summed E-state index contributed by atoms with van der Waals surface area (Å²) in [5.74, 6) is 6.23. The second-order valence-electron chi connectivity index (χ2n) is 3.95. The zero-order chi connectivity index (χ0) is 11.3. The second-order valence-corrected chi connectivity index (χ2v) is 6.50. The molecule has 0 aliphatic carbocycles. The van der Waals surface area contributed by atoms with E-state index in [1.807, 2.05) is 0 Å². The molecule has 1 aromatic heterocycles. The molecule has 0 amide bonds. The van der Waals surface area contributed by atoms with Crippen molar-refractivity contribution in [2.24, 2.45) is 11.8 Å². The van der Waals surface area contributed by atoms with E-state index in [-0.39, 0.29) is 0 Å². The van der Waals surface area contributed by atoms with Gasteiger partial charge in [-0.25, -0.2) is 0 Å². The number of nitrogens with two attached hydrogens (primary N) is 1. The van der Waals surface area contributed by atoms with Crippen molar-refractivity contribution in [2.45, 2.75) is 39.2 Å². The van der Waals surface area contributed by atoms with Gasteiger partial charge in [0.1, 0.15) is 0 Å². The monoisotopic (exact) mass is 290 g/mol. The Balaban J connectivity index is 2.53. The Hall–Kier alpha value is 0.1000. The Bertz CT molecular complexity index is 288. The minimum absolute atomic E-state index is 0.385. The standard InChI is InChI=1S/C11H19BrN2S/c1-3-4-8(2)10(14-13)7-9-5-6-11(12)15-9/h5-6,8,10,14H,3-4,7,13H2,1-2H3. The summed E-state index contributed by atoms with van der Waals surface area (Å²) in [5.41, 5.74) is 2.94. The van der Waals surface area contributed by atoms with E-state index in [9.17, 15) is 0 Å². The summed E-state index contributed by atoms with van der Waals surface area (Å²) in [5, 5.41) is 0. The molecule has 0 saturated heterocycles. The van der Waals surface area contributed by atoms with Crippen LogP contribution in [0.4, 0.5) is 0 Å². The summed E-state index contributed by atoms with van der Waals surface area (Å²) < 4.78 is 1.19. The molecule has 0 aromatic carbocycles. The van der Waals surface area contributed by atoms with Gasteiger partial charge in [0.25, 0.3) is 0 Å². The van der Waals surface area contributed by atoms with E-state index in [0.29, 0.717) is 12.0 Å². The van der Waals surface area contributed by atoms with Crippen molar-refractivity contribution in [1.29, 1.82) is 0 Å². The lowest BCUT2D eigenvalue weighted by molar-refractivity contribution is 0.358. The number of thiophene rings is 1. The highest BCUT2D eigenvalue weighted by molar-refractivity contribution is 9.11. The first-order chi connectivity index (χ1) is 7.17. The van der Waals surface area contributed by atoms with Gasteiger partial charge in [-0.15, -0.1) is 11.3 Å². The number of hydrazine groups is 1. The normalized spacial score (nSPS) is 15.2. The van der Waals surface area contributed by atoms with E-state index in [4.69, 9.17) is 5.84 Å². The van der Waals surface area contributed by atoms with E-state index < -0.39 is 0 Å². The molecule has 86 valence electrons. The third-order valence-corrected chi connectivity index (χ3v) is 4.34. The first-order valence-electron chi connectivity index (χ1n) is 5.37. The fraction of sp³-hybridized carbons (Fsp3) is 0.636. The van der Waals surface area contributed by atoms with Gasteiger partial charge >= 0.3 is 0 Å². The molecule has 0 saturated carbocycles. The molecule has 2 atom stereocenters. The van der Waals surface area contributed by atoms with Crippen LogP contribution < -0.4 is 11.3 Å². The Morgan fingerprint density at radius 3 is 2.73 bits per heavy atom. The Kier molecular flexibility index (Phi) is 5.82.